The summed E-state index contributed by atoms with van der Waals surface area (Å²) in [4.78, 5) is 4.34. The van der Waals surface area contributed by atoms with Crippen LogP contribution in [0, 0.1) is 11.8 Å². The Hall–Kier alpha value is -0.900. The molecule has 1 heterocycles. The molecule has 2 aliphatic carbocycles. The summed E-state index contributed by atoms with van der Waals surface area (Å²) in [6.07, 6.45) is 5.59. The summed E-state index contributed by atoms with van der Waals surface area (Å²) in [5.41, 5.74) is 6.24. The van der Waals surface area contributed by atoms with Crippen LogP contribution in [0.4, 0.5) is 0 Å². The topological polar surface area (TPSA) is 56.7 Å². The van der Waals surface area contributed by atoms with Gasteiger partial charge in [-0.25, -0.2) is 4.98 Å². The second-order valence-corrected chi connectivity index (χ2v) is 4.68. The molecule has 2 bridgehead atoms. The minimum atomic E-state index is 0.316. The third-order valence-electron chi connectivity index (χ3n) is 4.03. The number of rotatable bonds is 1. The SMILES string of the molecule is Cn1ncnc1C1C2CCC(C2)C1N. The Kier molecular flexibility index (Phi) is 1.68. The molecule has 1 aromatic heterocycles. The zero-order chi connectivity index (χ0) is 9.71. The van der Waals surface area contributed by atoms with E-state index in [4.69, 9.17) is 5.73 Å². The molecule has 2 saturated carbocycles. The summed E-state index contributed by atoms with van der Waals surface area (Å²) in [6, 6.07) is 0.316. The van der Waals surface area contributed by atoms with E-state index in [0.29, 0.717) is 12.0 Å². The van der Waals surface area contributed by atoms with E-state index in [1.807, 2.05) is 11.7 Å². The molecule has 4 unspecified atom stereocenters. The molecule has 3 rings (SSSR count). The van der Waals surface area contributed by atoms with Crippen molar-refractivity contribution in [3.8, 4) is 0 Å². The second-order valence-electron chi connectivity index (χ2n) is 4.68. The van der Waals surface area contributed by atoms with E-state index in [-0.39, 0.29) is 0 Å². The lowest BCUT2D eigenvalue weighted by atomic mass is 9.84. The van der Waals surface area contributed by atoms with Crippen LogP contribution in [0.15, 0.2) is 6.33 Å². The summed E-state index contributed by atoms with van der Waals surface area (Å²) in [6.45, 7) is 0. The van der Waals surface area contributed by atoms with Crippen molar-refractivity contribution in [3.63, 3.8) is 0 Å². The van der Waals surface area contributed by atoms with Crippen LogP contribution in [-0.4, -0.2) is 20.8 Å². The average molecular weight is 192 g/mol. The zero-order valence-electron chi connectivity index (χ0n) is 8.43. The number of nitrogens with zero attached hydrogens (tertiary/aromatic N) is 3. The van der Waals surface area contributed by atoms with E-state index in [9.17, 15) is 0 Å². The monoisotopic (exact) mass is 192 g/mol. The van der Waals surface area contributed by atoms with Crippen molar-refractivity contribution in [2.75, 3.05) is 0 Å². The summed E-state index contributed by atoms with van der Waals surface area (Å²) >= 11 is 0. The van der Waals surface area contributed by atoms with Crippen LogP contribution in [0.1, 0.15) is 31.0 Å². The standard InChI is InChI=1S/C10H16N4/c1-14-10(12-5-13-14)8-6-2-3-7(4-6)9(8)11/h5-9H,2-4,11H2,1H3. The van der Waals surface area contributed by atoms with Gasteiger partial charge in [-0.1, -0.05) is 0 Å². The van der Waals surface area contributed by atoms with Crippen LogP contribution in [0.25, 0.3) is 0 Å². The Bertz CT molecular complexity index is 344. The van der Waals surface area contributed by atoms with Gasteiger partial charge in [0.2, 0.25) is 0 Å². The third kappa shape index (κ3) is 0.974. The van der Waals surface area contributed by atoms with Gasteiger partial charge in [-0.15, -0.1) is 0 Å². The fourth-order valence-electron chi connectivity index (χ4n) is 3.33. The number of aryl methyl sites for hydroxylation is 1. The maximum Gasteiger partial charge on any atom is 0.138 e. The predicted molar refractivity (Wildman–Crippen MR) is 52.6 cm³/mol. The molecule has 2 N–H and O–H groups in total. The van der Waals surface area contributed by atoms with Gasteiger partial charge in [-0.2, -0.15) is 5.10 Å². The molecular weight excluding hydrogens is 176 g/mol. The molecule has 2 aliphatic rings. The Morgan fingerprint density at radius 1 is 1.43 bits per heavy atom. The summed E-state index contributed by atoms with van der Waals surface area (Å²) < 4.78 is 1.88. The number of aromatic nitrogens is 3. The van der Waals surface area contributed by atoms with E-state index >= 15 is 0 Å². The van der Waals surface area contributed by atoms with Gasteiger partial charge in [-0.05, 0) is 31.1 Å². The van der Waals surface area contributed by atoms with Gasteiger partial charge >= 0.3 is 0 Å². The van der Waals surface area contributed by atoms with Gasteiger partial charge in [0.05, 0.1) is 0 Å². The molecule has 0 aliphatic heterocycles. The minimum absolute atomic E-state index is 0.316. The van der Waals surface area contributed by atoms with Crippen LogP contribution in [-0.2, 0) is 7.05 Å². The minimum Gasteiger partial charge on any atom is -0.327 e. The maximum atomic E-state index is 6.24. The molecule has 0 spiro atoms. The quantitative estimate of drug-likeness (QED) is 0.711. The Morgan fingerprint density at radius 3 is 2.79 bits per heavy atom. The van der Waals surface area contributed by atoms with E-state index in [2.05, 4.69) is 10.1 Å². The van der Waals surface area contributed by atoms with E-state index in [1.54, 1.807) is 6.33 Å². The first kappa shape index (κ1) is 8.41. The smallest absolute Gasteiger partial charge is 0.138 e. The molecule has 4 atom stereocenters. The number of hydrogen-bond acceptors (Lipinski definition) is 3. The van der Waals surface area contributed by atoms with Crippen LogP contribution in [0.5, 0.6) is 0 Å². The van der Waals surface area contributed by atoms with E-state index in [0.717, 1.165) is 17.7 Å². The molecule has 0 saturated heterocycles. The lowest BCUT2D eigenvalue weighted by Gasteiger charge is -2.26. The van der Waals surface area contributed by atoms with E-state index < -0.39 is 0 Å². The Labute approximate surface area is 83.5 Å². The third-order valence-corrected chi connectivity index (χ3v) is 4.03. The summed E-state index contributed by atoms with van der Waals surface area (Å²) in [7, 11) is 1.96. The highest BCUT2D eigenvalue weighted by molar-refractivity contribution is 5.12. The molecule has 4 heteroatoms. The Balaban J connectivity index is 1.96. The largest absolute Gasteiger partial charge is 0.327 e. The lowest BCUT2D eigenvalue weighted by Crippen LogP contribution is -2.35. The lowest BCUT2D eigenvalue weighted by molar-refractivity contribution is 0.346. The first-order valence-corrected chi connectivity index (χ1v) is 5.37. The highest BCUT2D eigenvalue weighted by Gasteiger charge is 2.47. The van der Waals surface area contributed by atoms with Gasteiger partial charge in [0.1, 0.15) is 12.2 Å². The van der Waals surface area contributed by atoms with Crippen LogP contribution in [0.2, 0.25) is 0 Å². The fraction of sp³-hybridized carbons (Fsp3) is 0.800. The Morgan fingerprint density at radius 2 is 2.21 bits per heavy atom. The second kappa shape index (κ2) is 2.79. The van der Waals surface area contributed by atoms with Crippen molar-refractivity contribution in [2.24, 2.45) is 24.6 Å². The molecule has 0 radical (unpaired) electrons. The molecule has 2 fully saturated rings. The van der Waals surface area contributed by atoms with Gasteiger partial charge in [0.25, 0.3) is 0 Å². The fourth-order valence-corrected chi connectivity index (χ4v) is 3.33. The summed E-state index contributed by atoms with van der Waals surface area (Å²) in [5, 5.41) is 4.13. The molecule has 14 heavy (non-hydrogen) atoms. The first-order valence-electron chi connectivity index (χ1n) is 5.37. The van der Waals surface area contributed by atoms with Crippen molar-refractivity contribution >= 4 is 0 Å². The van der Waals surface area contributed by atoms with Gasteiger partial charge in [0.15, 0.2) is 0 Å². The molecule has 4 nitrogen and oxygen atoms in total. The van der Waals surface area contributed by atoms with Gasteiger partial charge in [0, 0.05) is 19.0 Å². The van der Waals surface area contributed by atoms with Crippen molar-refractivity contribution < 1.29 is 0 Å². The molecule has 1 aromatic rings. The zero-order valence-corrected chi connectivity index (χ0v) is 8.43. The molecule has 0 aromatic carbocycles. The predicted octanol–water partition coefficient (Wildman–Crippen LogP) is 0.656. The number of fused-ring (bicyclic) bond motifs is 2. The highest BCUT2D eigenvalue weighted by Crippen LogP contribution is 2.51. The van der Waals surface area contributed by atoms with Crippen LogP contribution in [0.3, 0.4) is 0 Å². The van der Waals surface area contributed by atoms with Gasteiger partial charge in [-0.3, -0.25) is 4.68 Å². The molecule has 76 valence electrons. The normalized spacial score (nSPS) is 40.7. The number of hydrogen-bond donors (Lipinski definition) is 1. The summed E-state index contributed by atoms with van der Waals surface area (Å²) in [5.74, 6) is 3.05. The number of nitrogens with two attached hydrogens (primary N) is 1. The van der Waals surface area contributed by atoms with Crippen LogP contribution < -0.4 is 5.73 Å². The first-order chi connectivity index (χ1) is 6.77. The van der Waals surface area contributed by atoms with Crippen molar-refractivity contribution in [3.05, 3.63) is 12.2 Å². The van der Waals surface area contributed by atoms with Crippen molar-refractivity contribution in [1.82, 2.24) is 14.8 Å². The van der Waals surface area contributed by atoms with Crippen LogP contribution >= 0.6 is 0 Å². The van der Waals surface area contributed by atoms with Crippen molar-refractivity contribution in [2.45, 2.75) is 31.2 Å². The molecule has 0 amide bonds. The molecular formula is C10H16N4. The van der Waals surface area contributed by atoms with Crippen molar-refractivity contribution in [1.29, 1.82) is 0 Å². The van der Waals surface area contributed by atoms with E-state index in [1.165, 1.54) is 19.3 Å². The average Bonchev–Trinajstić information content (AvgIpc) is 2.81. The maximum absolute atomic E-state index is 6.24. The highest BCUT2D eigenvalue weighted by atomic mass is 15.3. The van der Waals surface area contributed by atoms with Gasteiger partial charge < -0.3 is 5.73 Å².